The lowest BCUT2D eigenvalue weighted by Crippen LogP contribution is -2.60. The van der Waals surface area contributed by atoms with E-state index in [4.69, 9.17) is 11.6 Å². The number of hydrogen-bond acceptors (Lipinski definition) is 4. The summed E-state index contributed by atoms with van der Waals surface area (Å²) in [5, 5.41) is 0. The Morgan fingerprint density at radius 1 is 1.33 bits per heavy atom. The van der Waals surface area contributed by atoms with E-state index in [-0.39, 0.29) is 11.4 Å². The van der Waals surface area contributed by atoms with Crippen molar-refractivity contribution in [1.82, 2.24) is 14.7 Å². The van der Waals surface area contributed by atoms with Crippen LogP contribution in [0.25, 0.3) is 0 Å². The van der Waals surface area contributed by atoms with Gasteiger partial charge in [-0.25, -0.2) is 0 Å². The summed E-state index contributed by atoms with van der Waals surface area (Å²) < 4.78 is 0.856. The quantitative estimate of drug-likeness (QED) is 0.765. The van der Waals surface area contributed by atoms with Crippen LogP contribution in [0.15, 0.2) is 24.8 Å². The lowest BCUT2D eigenvalue weighted by Gasteiger charge is -2.49. The minimum absolute atomic E-state index is 0.102. The Kier molecular flexibility index (Phi) is 5.65. The largest absolute Gasteiger partial charge is 0.339 e. The van der Waals surface area contributed by atoms with Gasteiger partial charge in [-0.3, -0.25) is 14.6 Å². The van der Waals surface area contributed by atoms with Crippen molar-refractivity contribution in [3.05, 3.63) is 34.0 Å². The molecule has 0 N–H and O–H groups in total. The van der Waals surface area contributed by atoms with Gasteiger partial charge in [0.05, 0.1) is 4.34 Å². The van der Waals surface area contributed by atoms with Crippen LogP contribution in [0.5, 0.6) is 0 Å². The predicted molar refractivity (Wildman–Crippen MR) is 101 cm³/mol. The number of likely N-dealkylation sites (N-methyl/N-ethyl adjacent to an activating group) is 1. The normalized spacial score (nSPS) is 26.8. The van der Waals surface area contributed by atoms with Crippen LogP contribution in [0.4, 0.5) is 0 Å². The molecule has 0 saturated carbocycles. The number of hydrogen-bond donors (Lipinski definition) is 0. The molecule has 0 aliphatic carbocycles. The summed E-state index contributed by atoms with van der Waals surface area (Å²) in [5.41, 5.74) is 0.102. The Morgan fingerprint density at radius 2 is 2.17 bits per heavy atom. The molecule has 2 saturated heterocycles. The van der Waals surface area contributed by atoms with Crippen LogP contribution in [0, 0.1) is 0 Å². The van der Waals surface area contributed by atoms with Gasteiger partial charge < -0.3 is 4.90 Å². The molecule has 6 heteroatoms. The summed E-state index contributed by atoms with van der Waals surface area (Å²) in [6.07, 6.45) is 4.44. The first kappa shape index (κ1) is 17.9. The standard InChI is InChI=1S/C18H26ClN3OS/c1-3-9-22-10-8-18(7-6-17(22)23)14-21(12-11-20(18)2)13-15-4-5-16(19)24-15/h3-5H,1,6-14H2,2H3/t18-/m1/s1. The predicted octanol–water partition coefficient (Wildman–Crippen LogP) is 3.09. The topological polar surface area (TPSA) is 26.8 Å². The molecule has 1 spiro atoms. The molecule has 4 nitrogen and oxygen atoms in total. The number of carbonyl (C=O) groups is 1. The fourth-order valence-corrected chi connectivity index (χ4v) is 5.05. The highest BCUT2D eigenvalue weighted by atomic mass is 35.5. The second-order valence-corrected chi connectivity index (χ2v) is 8.74. The van der Waals surface area contributed by atoms with E-state index in [0.717, 1.165) is 49.9 Å². The molecule has 1 aromatic heterocycles. The van der Waals surface area contributed by atoms with Crippen LogP contribution in [-0.2, 0) is 11.3 Å². The molecular formula is C18H26ClN3OS. The van der Waals surface area contributed by atoms with Crippen LogP contribution in [0.3, 0.4) is 0 Å². The van der Waals surface area contributed by atoms with Crippen molar-refractivity contribution in [2.75, 3.05) is 39.8 Å². The first-order valence-electron chi connectivity index (χ1n) is 8.59. The molecule has 0 unspecified atom stereocenters. The number of piperazine rings is 1. The van der Waals surface area contributed by atoms with Gasteiger partial charge in [0.15, 0.2) is 0 Å². The van der Waals surface area contributed by atoms with E-state index in [1.165, 1.54) is 4.88 Å². The molecule has 24 heavy (non-hydrogen) atoms. The molecular weight excluding hydrogens is 342 g/mol. The Morgan fingerprint density at radius 3 is 2.88 bits per heavy atom. The number of likely N-dealkylation sites (tertiary alicyclic amines) is 1. The number of rotatable bonds is 4. The van der Waals surface area contributed by atoms with Crippen LogP contribution >= 0.6 is 22.9 Å². The lowest BCUT2D eigenvalue weighted by molar-refractivity contribution is -0.130. The molecule has 0 aromatic carbocycles. The Bertz CT molecular complexity index is 605. The third kappa shape index (κ3) is 3.85. The summed E-state index contributed by atoms with van der Waals surface area (Å²) in [7, 11) is 2.22. The van der Waals surface area contributed by atoms with Crippen molar-refractivity contribution in [2.45, 2.75) is 31.3 Å². The zero-order valence-electron chi connectivity index (χ0n) is 14.3. The molecule has 0 bridgehead atoms. The summed E-state index contributed by atoms with van der Waals surface area (Å²) in [4.78, 5) is 20.6. The van der Waals surface area contributed by atoms with E-state index >= 15 is 0 Å². The Balaban J connectivity index is 1.70. The van der Waals surface area contributed by atoms with Crippen molar-refractivity contribution in [1.29, 1.82) is 0 Å². The molecule has 2 aliphatic rings. The maximum absolute atomic E-state index is 12.3. The molecule has 2 aliphatic heterocycles. The van der Waals surface area contributed by atoms with Gasteiger partial charge in [0.1, 0.15) is 0 Å². The van der Waals surface area contributed by atoms with E-state index in [0.29, 0.717) is 13.0 Å². The van der Waals surface area contributed by atoms with Gasteiger partial charge in [-0.05, 0) is 32.0 Å². The molecule has 1 aromatic rings. The highest BCUT2D eigenvalue weighted by Crippen LogP contribution is 2.33. The minimum atomic E-state index is 0.102. The Labute approximate surface area is 153 Å². The van der Waals surface area contributed by atoms with E-state index in [1.54, 1.807) is 11.3 Å². The summed E-state index contributed by atoms with van der Waals surface area (Å²) in [5.74, 6) is 0.266. The van der Waals surface area contributed by atoms with Gasteiger partial charge in [-0.15, -0.1) is 17.9 Å². The number of halogens is 1. The monoisotopic (exact) mass is 367 g/mol. The van der Waals surface area contributed by atoms with Gasteiger partial charge in [-0.1, -0.05) is 17.7 Å². The van der Waals surface area contributed by atoms with Gasteiger partial charge in [0.25, 0.3) is 0 Å². The first-order valence-corrected chi connectivity index (χ1v) is 9.78. The third-order valence-corrected chi connectivity index (χ3v) is 6.66. The molecule has 1 amide bonds. The van der Waals surface area contributed by atoms with Gasteiger partial charge in [-0.2, -0.15) is 0 Å². The van der Waals surface area contributed by atoms with Crippen molar-refractivity contribution >= 4 is 28.8 Å². The molecule has 0 radical (unpaired) electrons. The number of thiophene rings is 1. The van der Waals surface area contributed by atoms with Crippen LogP contribution < -0.4 is 0 Å². The summed E-state index contributed by atoms with van der Waals surface area (Å²) >= 11 is 7.73. The molecule has 3 rings (SSSR count). The smallest absolute Gasteiger partial charge is 0.222 e. The van der Waals surface area contributed by atoms with Crippen molar-refractivity contribution in [3.8, 4) is 0 Å². The van der Waals surface area contributed by atoms with Gasteiger partial charge >= 0.3 is 0 Å². The Hall–Kier alpha value is -0.880. The lowest BCUT2D eigenvalue weighted by atomic mass is 9.86. The van der Waals surface area contributed by atoms with Crippen LogP contribution in [-0.4, -0.2) is 65.9 Å². The highest BCUT2D eigenvalue weighted by molar-refractivity contribution is 7.16. The third-order valence-electron chi connectivity index (χ3n) is 5.44. The number of nitrogens with zero attached hydrogens (tertiary/aromatic N) is 3. The highest BCUT2D eigenvalue weighted by Gasteiger charge is 2.42. The average Bonchev–Trinajstić information content (AvgIpc) is 2.90. The van der Waals surface area contributed by atoms with E-state index in [1.807, 2.05) is 17.0 Å². The van der Waals surface area contributed by atoms with Crippen LogP contribution in [0.1, 0.15) is 24.1 Å². The van der Waals surface area contributed by atoms with Gasteiger partial charge in [0, 0.05) is 56.1 Å². The fraction of sp³-hybridized carbons (Fsp3) is 0.611. The summed E-state index contributed by atoms with van der Waals surface area (Å²) in [6.45, 7) is 9.36. The van der Waals surface area contributed by atoms with Crippen molar-refractivity contribution in [3.63, 3.8) is 0 Å². The zero-order chi connectivity index (χ0) is 17.2. The van der Waals surface area contributed by atoms with E-state index in [2.05, 4.69) is 29.5 Å². The molecule has 132 valence electrons. The van der Waals surface area contributed by atoms with Gasteiger partial charge in [0.2, 0.25) is 5.91 Å². The molecule has 2 fully saturated rings. The molecule has 3 heterocycles. The second kappa shape index (κ2) is 7.56. The fourth-order valence-electron chi connectivity index (χ4n) is 3.92. The SMILES string of the molecule is C=CCN1CC[C@]2(CCC1=O)CN(Cc1ccc(Cl)s1)CCN2C. The van der Waals surface area contributed by atoms with Crippen molar-refractivity contribution in [2.24, 2.45) is 0 Å². The minimum Gasteiger partial charge on any atom is -0.339 e. The zero-order valence-corrected chi connectivity index (χ0v) is 15.9. The maximum atomic E-state index is 12.3. The molecule has 1 atom stereocenters. The van der Waals surface area contributed by atoms with E-state index < -0.39 is 0 Å². The van der Waals surface area contributed by atoms with E-state index in [9.17, 15) is 4.79 Å². The van der Waals surface area contributed by atoms with Crippen LogP contribution in [0.2, 0.25) is 4.34 Å². The number of amides is 1. The number of carbonyl (C=O) groups excluding carboxylic acids is 1. The second-order valence-electron chi connectivity index (χ2n) is 6.94. The maximum Gasteiger partial charge on any atom is 0.222 e. The van der Waals surface area contributed by atoms with Crippen molar-refractivity contribution < 1.29 is 4.79 Å². The average molecular weight is 368 g/mol. The first-order chi connectivity index (χ1) is 11.5. The summed E-state index contributed by atoms with van der Waals surface area (Å²) in [6, 6.07) is 4.10.